The lowest BCUT2D eigenvalue weighted by Gasteiger charge is -2.27. The summed E-state index contributed by atoms with van der Waals surface area (Å²) < 4.78 is 0. The zero-order valence-electron chi connectivity index (χ0n) is 22.0. The van der Waals surface area contributed by atoms with Gasteiger partial charge in [0.25, 0.3) is 0 Å². The molecule has 13 nitrogen and oxygen atoms in total. The Labute approximate surface area is 232 Å². The van der Waals surface area contributed by atoms with Crippen molar-refractivity contribution < 1.29 is 24.3 Å². The van der Waals surface area contributed by atoms with Crippen LogP contribution < -0.4 is 33.2 Å². The summed E-state index contributed by atoms with van der Waals surface area (Å²) in [4.78, 5) is 57.9. The normalized spacial score (nSPS) is 14.2. The molecular weight excluding hydrogens is 524 g/mol. The van der Waals surface area contributed by atoms with Gasteiger partial charge in [-0.1, -0.05) is 32.0 Å². The lowest BCUT2D eigenvalue weighted by molar-refractivity contribution is -0.142. The number of aromatic amines is 1. The Kier molecular flexibility index (Phi) is 12.1. The summed E-state index contributed by atoms with van der Waals surface area (Å²) in [5.41, 5.74) is 17.9. The number of carbonyl (C=O) groups is 4. The molecule has 0 spiro atoms. The molecule has 2 rings (SSSR count). The van der Waals surface area contributed by atoms with Crippen LogP contribution in [0.1, 0.15) is 32.3 Å². The summed E-state index contributed by atoms with van der Waals surface area (Å²) in [6.07, 6.45) is 2.17. The number of carboxylic acids is 1. The molecule has 0 aliphatic carbocycles. The number of para-hydroxylation sites is 1. The van der Waals surface area contributed by atoms with Gasteiger partial charge in [0.1, 0.15) is 18.1 Å². The molecule has 0 saturated carbocycles. The molecule has 0 bridgehead atoms. The SMILES string of the molecule is CC(C)C(NC(=O)C(N)CS)C(=O)NC(Cc1c[nH]c2ccccc12)C(=O)NC(CCCN=C(N)N)C(=O)O. The van der Waals surface area contributed by atoms with Crippen LogP contribution in [0.2, 0.25) is 0 Å². The number of benzene rings is 1. The highest BCUT2D eigenvalue weighted by molar-refractivity contribution is 7.80. The molecule has 4 unspecified atom stereocenters. The maximum Gasteiger partial charge on any atom is 0.326 e. The summed E-state index contributed by atoms with van der Waals surface area (Å²) >= 11 is 4.02. The molecule has 11 N–H and O–H groups in total. The maximum atomic E-state index is 13.4. The molecule has 0 saturated heterocycles. The van der Waals surface area contributed by atoms with Gasteiger partial charge in [0.05, 0.1) is 6.04 Å². The lowest BCUT2D eigenvalue weighted by Crippen LogP contribution is -2.59. The first-order valence-electron chi connectivity index (χ1n) is 12.5. The summed E-state index contributed by atoms with van der Waals surface area (Å²) in [5.74, 6) is -3.45. The molecule has 0 aliphatic rings. The second-order valence-electron chi connectivity index (χ2n) is 9.49. The Morgan fingerprint density at radius 1 is 1.03 bits per heavy atom. The van der Waals surface area contributed by atoms with E-state index in [2.05, 4.69) is 38.6 Å². The Hall–Kier alpha value is -3.78. The third kappa shape index (κ3) is 9.48. The van der Waals surface area contributed by atoms with Gasteiger partial charge in [0, 0.05) is 35.8 Å². The average molecular weight is 563 g/mol. The Balaban J connectivity index is 2.28. The van der Waals surface area contributed by atoms with Crippen molar-refractivity contribution in [2.75, 3.05) is 12.3 Å². The van der Waals surface area contributed by atoms with Gasteiger partial charge in [-0.3, -0.25) is 19.4 Å². The van der Waals surface area contributed by atoms with Gasteiger partial charge in [0.15, 0.2) is 5.96 Å². The number of aromatic nitrogens is 1. The number of carbonyl (C=O) groups excluding carboxylic acids is 3. The number of nitrogens with zero attached hydrogens (tertiary/aromatic N) is 1. The molecule has 0 aliphatic heterocycles. The van der Waals surface area contributed by atoms with E-state index in [0.29, 0.717) is 6.42 Å². The molecule has 0 radical (unpaired) electrons. The van der Waals surface area contributed by atoms with Crippen LogP contribution in [0.15, 0.2) is 35.5 Å². The van der Waals surface area contributed by atoms with E-state index in [1.165, 1.54) is 0 Å². The first-order valence-corrected chi connectivity index (χ1v) is 13.2. The van der Waals surface area contributed by atoms with Crippen LogP contribution in [0, 0.1) is 5.92 Å². The smallest absolute Gasteiger partial charge is 0.326 e. The molecule has 2 aromatic rings. The van der Waals surface area contributed by atoms with E-state index in [1.54, 1.807) is 20.0 Å². The average Bonchev–Trinajstić information content (AvgIpc) is 3.29. The molecule has 0 fully saturated rings. The van der Waals surface area contributed by atoms with E-state index in [-0.39, 0.29) is 37.0 Å². The number of aliphatic imine (C=N–C) groups is 1. The van der Waals surface area contributed by atoms with Crippen molar-refractivity contribution in [2.24, 2.45) is 28.1 Å². The zero-order valence-corrected chi connectivity index (χ0v) is 22.9. The maximum absolute atomic E-state index is 13.4. The Morgan fingerprint density at radius 2 is 1.69 bits per heavy atom. The molecule has 39 heavy (non-hydrogen) atoms. The van der Waals surface area contributed by atoms with Crippen LogP contribution in [0.3, 0.4) is 0 Å². The van der Waals surface area contributed by atoms with Crippen molar-refractivity contribution in [1.82, 2.24) is 20.9 Å². The van der Waals surface area contributed by atoms with E-state index in [1.807, 2.05) is 24.3 Å². The van der Waals surface area contributed by atoms with E-state index in [9.17, 15) is 24.3 Å². The van der Waals surface area contributed by atoms with Crippen molar-refractivity contribution in [3.8, 4) is 0 Å². The fraction of sp³-hybridized carbons (Fsp3) is 0.480. The second kappa shape index (κ2) is 15.0. The molecular formula is C25H38N8O5S. The highest BCUT2D eigenvalue weighted by Crippen LogP contribution is 2.19. The number of nitrogens with two attached hydrogens (primary N) is 3. The van der Waals surface area contributed by atoms with E-state index in [4.69, 9.17) is 17.2 Å². The largest absolute Gasteiger partial charge is 0.480 e. The number of carboxylic acid groups (broad SMARTS) is 1. The van der Waals surface area contributed by atoms with Crippen LogP contribution in [-0.4, -0.2) is 76.2 Å². The van der Waals surface area contributed by atoms with E-state index in [0.717, 1.165) is 16.5 Å². The summed E-state index contributed by atoms with van der Waals surface area (Å²) in [6.45, 7) is 3.67. The second-order valence-corrected chi connectivity index (χ2v) is 9.86. The number of nitrogens with one attached hydrogen (secondary N) is 4. The van der Waals surface area contributed by atoms with Gasteiger partial charge in [-0.25, -0.2) is 4.79 Å². The summed E-state index contributed by atoms with van der Waals surface area (Å²) in [6, 6.07) is 3.17. The van der Waals surface area contributed by atoms with Gasteiger partial charge < -0.3 is 43.2 Å². The monoisotopic (exact) mass is 562 g/mol. The molecule has 4 atom stereocenters. The van der Waals surface area contributed by atoms with Crippen LogP contribution in [0.25, 0.3) is 10.9 Å². The first kappa shape index (κ1) is 31.4. The number of aliphatic carboxylic acids is 1. The van der Waals surface area contributed by atoms with Crippen molar-refractivity contribution in [3.63, 3.8) is 0 Å². The number of fused-ring (bicyclic) bond motifs is 1. The third-order valence-electron chi connectivity index (χ3n) is 6.07. The number of rotatable bonds is 15. The molecule has 1 aromatic heterocycles. The predicted molar refractivity (Wildman–Crippen MR) is 152 cm³/mol. The Morgan fingerprint density at radius 3 is 2.31 bits per heavy atom. The number of guanidine groups is 1. The molecule has 1 heterocycles. The number of H-pyrrole nitrogens is 1. The van der Waals surface area contributed by atoms with Crippen molar-refractivity contribution in [1.29, 1.82) is 0 Å². The summed E-state index contributed by atoms with van der Waals surface area (Å²) in [7, 11) is 0. The standard InChI is InChI=1S/C25H38N8O5S/c1-13(2)20(33-21(34)16(26)12-39)23(36)32-19(10-14-11-30-17-7-4-3-6-15(14)17)22(35)31-18(24(37)38)8-5-9-29-25(27)28/h3-4,6-7,11,13,16,18-20,30,39H,5,8-10,12,26H2,1-2H3,(H,31,35)(H,32,36)(H,33,34)(H,37,38)(H4,27,28,29). The number of hydrogen-bond donors (Lipinski definition) is 9. The molecule has 214 valence electrons. The van der Waals surface area contributed by atoms with E-state index >= 15 is 0 Å². The quantitative estimate of drug-likeness (QED) is 0.0577. The van der Waals surface area contributed by atoms with Crippen molar-refractivity contribution in [3.05, 3.63) is 36.0 Å². The van der Waals surface area contributed by atoms with Crippen LogP contribution >= 0.6 is 12.6 Å². The Bertz CT molecular complexity index is 1180. The minimum atomic E-state index is -1.24. The predicted octanol–water partition coefficient (Wildman–Crippen LogP) is -0.784. The van der Waals surface area contributed by atoms with Gasteiger partial charge in [-0.05, 0) is 30.4 Å². The van der Waals surface area contributed by atoms with Gasteiger partial charge in [0.2, 0.25) is 17.7 Å². The first-order chi connectivity index (χ1) is 18.4. The number of thiol groups is 1. The molecule has 14 heteroatoms. The van der Waals surface area contributed by atoms with Crippen molar-refractivity contribution >= 4 is 53.2 Å². The van der Waals surface area contributed by atoms with E-state index < -0.39 is 47.9 Å². The molecule has 1 aromatic carbocycles. The van der Waals surface area contributed by atoms with Gasteiger partial charge in [-0.15, -0.1) is 0 Å². The minimum absolute atomic E-state index is 0.0663. The fourth-order valence-electron chi connectivity index (χ4n) is 3.90. The highest BCUT2D eigenvalue weighted by Gasteiger charge is 2.32. The summed E-state index contributed by atoms with van der Waals surface area (Å²) in [5, 5.41) is 18.4. The topological polar surface area (TPSA) is 231 Å². The van der Waals surface area contributed by atoms with Gasteiger partial charge >= 0.3 is 5.97 Å². The van der Waals surface area contributed by atoms with Crippen molar-refractivity contribution in [2.45, 2.75) is 57.3 Å². The number of amides is 3. The third-order valence-corrected chi connectivity index (χ3v) is 6.47. The molecule has 3 amide bonds. The van der Waals surface area contributed by atoms with Crippen LogP contribution in [0.5, 0.6) is 0 Å². The lowest BCUT2D eigenvalue weighted by atomic mass is 10.00. The fourth-order valence-corrected chi connectivity index (χ4v) is 4.07. The minimum Gasteiger partial charge on any atom is -0.480 e. The van der Waals surface area contributed by atoms with Gasteiger partial charge in [-0.2, -0.15) is 12.6 Å². The number of hydrogen-bond acceptors (Lipinski definition) is 7. The van der Waals surface area contributed by atoms with Crippen LogP contribution in [0.4, 0.5) is 0 Å². The highest BCUT2D eigenvalue weighted by atomic mass is 32.1. The van der Waals surface area contributed by atoms with Crippen LogP contribution in [-0.2, 0) is 25.6 Å². The zero-order chi connectivity index (χ0) is 29.1.